The molecule has 0 spiro atoms. The number of carbonyl (C=O) groups excluding carboxylic acids is 1. The summed E-state index contributed by atoms with van der Waals surface area (Å²) in [5.41, 5.74) is 0.232. The third-order valence-corrected chi connectivity index (χ3v) is 4.92. The molecule has 1 fully saturated rings. The first-order chi connectivity index (χ1) is 11.9. The lowest BCUT2D eigenvalue weighted by Crippen LogP contribution is -2.31. The predicted octanol–water partition coefficient (Wildman–Crippen LogP) is 4.99. The fourth-order valence-electron chi connectivity index (χ4n) is 3.49. The van der Waals surface area contributed by atoms with E-state index < -0.39 is 11.7 Å². The summed E-state index contributed by atoms with van der Waals surface area (Å²) >= 11 is 0. The summed E-state index contributed by atoms with van der Waals surface area (Å²) < 4.78 is 39.3. The van der Waals surface area contributed by atoms with Crippen LogP contribution in [0.1, 0.15) is 44.1 Å². The van der Waals surface area contributed by atoms with Crippen molar-refractivity contribution in [2.45, 2.75) is 44.7 Å². The van der Waals surface area contributed by atoms with Gasteiger partial charge in [0.1, 0.15) is 0 Å². The highest BCUT2D eigenvalue weighted by molar-refractivity contribution is 5.96. The molecule has 0 unspecified atom stereocenters. The highest BCUT2D eigenvalue weighted by Crippen LogP contribution is 2.36. The van der Waals surface area contributed by atoms with Crippen molar-refractivity contribution in [1.29, 1.82) is 0 Å². The Morgan fingerprint density at radius 2 is 1.88 bits per heavy atom. The summed E-state index contributed by atoms with van der Waals surface area (Å²) in [5, 5.41) is 2.78. The van der Waals surface area contributed by atoms with Gasteiger partial charge in [0.05, 0.1) is 16.9 Å². The van der Waals surface area contributed by atoms with E-state index in [1.807, 2.05) is 12.2 Å². The van der Waals surface area contributed by atoms with Crippen molar-refractivity contribution >= 4 is 17.3 Å². The van der Waals surface area contributed by atoms with Gasteiger partial charge in [-0.05, 0) is 56.7 Å². The van der Waals surface area contributed by atoms with E-state index in [1.165, 1.54) is 6.07 Å². The number of hydrogen-bond acceptors (Lipinski definition) is 2. The molecule has 3 rings (SSSR count). The Morgan fingerprint density at radius 1 is 1.12 bits per heavy atom. The smallest absolute Gasteiger partial charge is 0.370 e. The van der Waals surface area contributed by atoms with Gasteiger partial charge >= 0.3 is 6.18 Å². The van der Waals surface area contributed by atoms with Crippen LogP contribution in [-0.4, -0.2) is 19.0 Å². The fraction of sp³-hybridized carbons (Fsp3) is 0.526. The zero-order valence-electron chi connectivity index (χ0n) is 14.1. The first kappa shape index (κ1) is 17.8. The molecule has 0 aromatic heterocycles. The van der Waals surface area contributed by atoms with E-state index in [0.717, 1.165) is 57.3 Å². The van der Waals surface area contributed by atoms with E-state index in [4.69, 9.17) is 0 Å². The average Bonchev–Trinajstić information content (AvgIpc) is 2.62. The minimum atomic E-state index is -4.42. The highest BCUT2D eigenvalue weighted by atomic mass is 19.4. The van der Waals surface area contributed by atoms with E-state index in [9.17, 15) is 18.0 Å². The molecule has 6 heteroatoms. The highest BCUT2D eigenvalue weighted by Gasteiger charge is 2.32. The summed E-state index contributed by atoms with van der Waals surface area (Å²) in [5.74, 6) is -0.365. The minimum absolute atomic E-state index is 0.172. The summed E-state index contributed by atoms with van der Waals surface area (Å²) in [6.07, 6.45) is 4.95. The molecular formula is C19H23F3N2O. The van der Waals surface area contributed by atoms with Gasteiger partial charge in [-0.25, -0.2) is 0 Å². The maximum Gasteiger partial charge on any atom is 0.416 e. The van der Waals surface area contributed by atoms with Crippen LogP contribution in [0.3, 0.4) is 0 Å². The van der Waals surface area contributed by atoms with Crippen LogP contribution in [0.15, 0.2) is 30.4 Å². The average molecular weight is 352 g/mol. The van der Waals surface area contributed by atoms with Crippen molar-refractivity contribution in [2.24, 2.45) is 5.92 Å². The van der Waals surface area contributed by atoms with Gasteiger partial charge in [-0.15, -0.1) is 0 Å². The number of anilines is 2. The number of rotatable bonds is 3. The Hall–Kier alpha value is -1.98. The molecular weight excluding hydrogens is 329 g/mol. The molecule has 1 amide bonds. The Kier molecular flexibility index (Phi) is 5.35. The molecule has 1 heterocycles. The minimum Gasteiger partial charge on any atom is -0.370 e. The van der Waals surface area contributed by atoms with Crippen molar-refractivity contribution < 1.29 is 18.0 Å². The second kappa shape index (κ2) is 7.50. The van der Waals surface area contributed by atoms with Gasteiger partial charge in [-0.2, -0.15) is 13.2 Å². The molecule has 1 N–H and O–H groups in total. The number of carbonyl (C=O) groups is 1. The quantitative estimate of drug-likeness (QED) is 0.777. The molecule has 0 saturated carbocycles. The van der Waals surface area contributed by atoms with Crippen LogP contribution in [-0.2, 0) is 11.0 Å². The zero-order chi connectivity index (χ0) is 17.9. The lowest BCUT2D eigenvalue weighted by atomic mass is 9.93. The first-order valence-electron chi connectivity index (χ1n) is 8.87. The number of piperidine rings is 1. The van der Waals surface area contributed by atoms with Crippen LogP contribution < -0.4 is 10.2 Å². The molecule has 25 heavy (non-hydrogen) atoms. The monoisotopic (exact) mass is 352 g/mol. The fourth-order valence-corrected chi connectivity index (χ4v) is 3.49. The third-order valence-electron chi connectivity index (χ3n) is 4.92. The number of nitrogens with one attached hydrogen (secondary N) is 1. The van der Waals surface area contributed by atoms with Gasteiger partial charge in [0, 0.05) is 19.0 Å². The van der Waals surface area contributed by atoms with Crippen molar-refractivity contribution in [1.82, 2.24) is 0 Å². The van der Waals surface area contributed by atoms with Gasteiger partial charge in [0.2, 0.25) is 5.91 Å². The van der Waals surface area contributed by atoms with Gasteiger partial charge in [-0.3, -0.25) is 4.79 Å². The van der Waals surface area contributed by atoms with Gasteiger partial charge in [0.25, 0.3) is 0 Å². The van der Waals surface area contributed by atoms with E-state index in [1.54, 1.807) is 0 Å². The molecule has 3 nitrogen and oxygen atoms in total. The Morgan fingerprint density at radius 3 is 2.52 bits per heavy atom. The number of allylic oxidation sites excluding steroid dienone is 2. The van der Waals surface area contributed by atoms with E-state index in [0.29, 0.717) is 12.1 Å². The van der Waals surface area contributed by atoms with Gasteiger partial charge in [-0.1, -0.05) is 12.2 Å². The van der Waals surface area contributed by atoms with E-state index in [2.05, 4.69) is 10.2 Å². The van der Waals surface area contributed by atoms with E-state index in [-0.39, 0.29) is 17.5 Å². The van der Waals surface area contributed by atoms with Crippen molar-refractivity contribution in [3.63, 3.8) is 0 Å². The predicted molar refractivity (Wildman–Crippen MR) is 92.6 cm³/mol. The van der Waals surface area contributed by atoms with Gasteiger partial charge < -0.3 is 10.2 Å². The van der Waals surface area contributed by atoms with Crippen LogP contribution in [0, 0.1) is 5.92 Å². The topological polar surface area (TPSA) is 32.3 Å². The Balaban J connectivity index is 1.87. The van der Waals surface area contributed by atoms with Crippen LogP contribution in [0.2, 0.25) is 0 Å². The first-order valence-corrected chi connectivity index (χ1v) is 8.87. The number of hydrogen-bond donors (Lipinski definition) is 1. The van der Waals surface area contributed by atoms with Crippen molar-refractivity contribution in [3.8, 4) is 0 Å². The second-order valence-electron chi connectivity index (χ2n) is 6.75. The number of halogens is 3. The van der Waals surface area contributed by atoms with Crippen molar-refractivity contribution in [2.75, 3.05) is 23.3 Å². The standard InChI is InChI=1S/C19H23F3N2O/c20-19(21,22)15-9-10-17(24-11-5-2-6-12-24)16(13-15)23-18(25)14-7-3-1-4-8-14/h1,3,9-10,13-14H,2,4-8,11-12H2,(H,23,25)/t14-/m0/s1. The normalized spacial score (nSPS) is 21.2. The number of amides is 1. The molecule has 2 aliphatic rings. The SMILES string of the molecule is O=C(Nc1cc(C(F)(F)F)ccc1N1CCCCC1)[C@H]1CC=CCC1. The molecule has 1 saturated heterocycles. The van der Waals surface area contributed by atoms with Crippen LogP contribution in [0.4, 0.5) is 24.5 Å². The summed E-state index contributed by atoms with van der Waals surface area (Å²) in [4.78, 5) is 14.6. The van der Waals surface area contributed by atoms with Crippen LogP contribution in [0.25, 0.3) is 0 Å². The molecule has 1 aliphatic carbocycles. The molecule has 1 aliphatic heterocycles. The van der Waals surface area contributed by atoms with Crippen molar-refractivity contribution in [3.05, 3.63) is 35.9 Å². The molecule has 1 aromatic carbocycles. The number of benzene rings is 1. The van der Waals surface area contributed by atoms with Crippen LogP contribution >= 0.6 is 0 Å². The number of alkyl halides is 3. The molecule has 1 aromatic rings. The molecule has 1 atom stereocenters. The third kappa shape index (κ3) is 4.35. The summed E-state index contributed by atoms with van der Waals surface area (Å²) in [6.45, 7) is 1.61. The van der Waals surface area contributed by atoms with Gasteiger partial charge in [0.15, 0.2) is 0 Å². The summed E-state index contributed by atoms with van der Waals surface area (Å²) in [6, 6.07) is 3.66. The van der Waals surface area contributed by atoms with Crippen LogP contribution in [0.5, 0.6) is 0 Å². The maximum absolute atomic E-state index is 13.1. The molecule has 0 bridgehead atoms. The summed E-state index contributed by atoms with van der Waals surface area (Å²) in [7, 11) is 0. The lowest BCUT2D eigenvalue weighted by molar-refractivity contribution is -0.137. The Labute approximate surface area is 145 Å². The maximum atomic E-state index is 13.1. The molecule has 136 valence electrons. The second-order valence-corrected chi connectivity index (χ2v) is 6.75. The lowest BCUT2D eigenvalue weighted by Gasteiger charge is -2.31. The largest absolute Gasteiger partial charge is 0.416 e. The number of nitrogens with zero attached hydrogens (tertiary/aromatic N) is 1. The zero-order valence-corrected chi connectivity index (χ0v) is 14.1. The Bertz CT molecular complexity index is 649. The van der Waals surface area contributed by atoms with E-state index >= 15 is 0 Å². The molecule has 0 radical (unpaired) electrons.